The molecule has 0 N–H and O–H groups in total. The van der Waals surface area contributed by atoms with Crippen LogP contribution in [-0.2, 0) is 6.42 Å². The molecule has 0 heterocycles. The van der Waals surface area contributed by atoms with Crippen molar-refractivity contribution in [1.29, 1.82) is 0 Å². The van der Waals surface area contributed by atoms with E-state index < -0.39 is 0 Å². The van der Waals surface area contributed by atoms with Crippen LogP contribution in [0.25, 0.3) is 5.57 Å². The third-order valence-electron chi connectivity index (χ3n) is 2.51. The molecule has 0 bridgehead atoms. The van der Waals surface area contributed by atoms with Crippen molar-refractivity contribution in [2.24, 2.45) is 0 Å². The van der Waals surface area contributed by atoms with E-state index in [9.17, 15) is 0 Å². The summed E-state index contributed by atoms with van der Waals surface area (Å²) in [6.07, 6.45) is 7.73. The topological polar surface area (TPSA) is 0 Å². The lowest BCUT2D eigenvalue weighted by Gasteiger charge is -2.14. The molecule has 2 rings (SSSR count). The lowest BCUT2D eigenvalue weighted by molar-refractivity contribution is 0.988. The first-order chi connectivity index (χ1) is 6.40. The lowest BCUT2D eigenvalue weighted by Crippen LogP contribution is -1.93. The fourth-order valence-corrected chi connectivity index (χ4v) is 1.57. The van der Waals surface area contributed by atoms with E-state index in [2.05, 4.69) is 36.9 Å². The molecule has 0 atom stereocenters. The van der Waals surface area contributed by atoms with Gasteiger partial charge in [-0.2, -0.15) is 0 Å². The van der Waals surface area contributed by atoms with E-state index in [0.717, 1.165) is 6.42 Å². The lowest BCUT2D eigenvalue weighted by atomic mass is 9.91. The highest BCUT2D eigenvalue weighted by atomic mass is 14.1. The van der Waals surface area contributed by atoms with E-state index in [1.807, 2.05) is 6.08 Å². The van der Waals surface area contributed by atoms with Crippen molar-refractivity contribution in [3.8, 4) is 0 Å². The van der Waals surface area contributed by atoms with Gasteiger partial charge in [0.1, 0.15) is 0 Å². The van der Waals surface area contributed by atoms with Gasteiger partial charge >= 0.3 is 0 Å². The van der Waals surface area contributed by atoms with Crippen LogP contribution in [0.1, 0.15) is 24.0 Å². The highest BCUT2D eigenvalue weighted by Gasteiger charge is 2.07. The third kappa shape index (κ3) is 1.72. The Morgan fingerprint density at radius 3 is 2.38 bits per heavy atom. The standard InChI is InChI=1S/C13H14/c1-2-4-11-7-9-13(10-8-11)12-5-3-6-12/h2,5,7-10H,1,3-4,6H2. The Kier molecular flexibility index (Phi) is 2.31. The molecule has 0 unspecified atom stereocenters. The van der Waals surface area contributed by atoms with Gasteiger partial charge in [-0.05, 0) is 36.0 Å². The molecule has 0 spiro atoms. The molecule has 0 amide bonds. The minimum absolute atomic E-state index is 0.972. The normalized spacial score (nSPS) is 14.6. The molecule has 0 heteroatoms. The number of allylic oxidation sites excluding steroid dienone is 3. The highest BCUT2D eigenvalue weighted by molar-refractivity contribution is 5.69. The van der Waals surface area contributed by atoms with Gasteiger partial charge in [0.2, 0.25) is 0 Å². The predicted octanol–water partition coefficient (Wildman–Crippen LogP) is 3.59. The van der Waals surface area contributed by atoms with Crippen LogP contribution in [0.5, 0.6) is 0 Å². The molecule has 66 valence electrons. The summed E-state index contributed by atoms with van der Waals surface area (Å²) >= 11 is 0. The van der Waals surface area contributed by atoms with Crippen molar-refractivity contribution < 1.29 is 0 Å². The van der Waals surface area contributed by atoms with Crippen LogP contribution in [0, 0.1) is 0 Å². The summed E-state index contributed by atoms with van der Waals surface area (Å²) in [6.45, 7) is 3.73. The maximum atomic E-state index is 3.73. The molecule has 1 aliphatic rings. The summed E-state index contributed by atoms with van der Waals surface area (Å²) < 4.78 is 0. The molecule has 0 saturated heterocycles. The van der Waals surface area contributed by atoms with E-state index in [1.54, 1.807) is 0 Å². The van der Waals surface area contributed by atoms with Crippen molar-refractivity contribution in [2.45, 2.75) is 19.3 Å². The molecule has 0 fully saturated rings. The Hall–Kier alpha value is -1.30. The van der Waals surface area contributed by atoms with Gasteiger partial charge in [0, 0.05) is 0 Å². The first-order valence-electron chi connectivity index (χ1n) is 4.79. The van der Waals surface area contributed by atoms with Gasteiger partial charge in [-0.25, -0.2) is 0 Å². The zero-order valence-corrected chi connectivity index (χ0v) is 7.79. The van der Waals surface area contributed by atoms with E-state index in [0.29, 0.717) is 0 Å². The second-order valence-corrected chi connectivity index (χ2v) is 3.46. The zero-order valence-electron chi connectivity index (χ0n) is 7.79. The monoisotopic (exact) mass is 170 g/mol. The van der Waals surface area contributed by atoms with Crippen molar-refractivity contribution in [1.82, 2.24) is 0 Å². The smallest absolute Gasteiger partial charge is 0.0100 e. The first kappa shape index (κ1) is 8.31. The summed E-state index contributed by atoms with van der Waals surface area (Å²) in [5.41, 5.74) is 4.24. The van der Waals surface area contributed by atoms with Crippen LogP contribution in [0.15, 0.2) is 43.0 Å². The second kappa shape index (κ2) is 3.61. The molecule has 13 heavy (non-hydrogen) atoms. The van der Waals surface area contributed by atoms with Gasteiger partial charge in [-0.1, -0.05) is 36.4 Å². The maximum absolute atomic E-state index is 3.73. The zero-order chi connectivity index (χ0) is 9.10. The van der Waals surface area contributed by atoms with Gasteiger partial charge in [0.25, 0.3) is 0 Å². The number of hydrogen-bond acceptors (Lipinski definition) is 0. The van der Waals surface area contributed by atoms with Gasteiger partial charge < -0.3 is 0 Å². The molecule has 0 nitrogen and oxygen atoms in total. The van der Waals surface area contributed by atoms with E-state index in [-0.39, 0.29) is 0 Å². The van der Waals surface area contributed by atoms with Crippen LogP contribution < -0.4 is 0 Å². The van der Waals surface area contributed by atoms with Crippen LogP contribution in [0.4, 0.5) is 0 Å². The molecule has 0 radical (unpaired) electrons. The van der Waals surface area contributed by atoms with Crippen molar-refractivity contribution in [3.05, 3.63) is 54.1 Å². The Bertz CT molecular complexity index is 328. The van der Waals surface area contributed by atoms with E-state index in [1.165, 1.54) is 29.5 Å². The molecule has 1 aromatic carbocycles. The summed E-state index contributed by atoms with van der Waals surface area (Å²) in [5.74, 6) is 0. The Balaban J connectivity index is 2.18. The fraction of sp³-hybridized carbons (Fsp3) is 0.231. The van der Waals surface area contributed by atoms with Crippen LogP contribution >= 0.6 is 0 Å². The Morgan fingerprint density at radius 2 is 1.92 bits per heavy atom. The third-order valence-corrected chi connectivity index (χ3v) is 2.51. The van der Waals surface area contributed by atoms with Gasteiger partial charge in [-0.15, -0.1) is 6.58 Å². The Labute approximate surface area is 79.6 Å². The van der Waals surface area contributed by atoms with E-state index >= 15 is 0 Å². The average Bonchev–Trinajstić information content (AvgIpc) is 2.06. The molecule has 0 saturated carbocycles. The minimum Gasteiger partial charge on any atom is -0.103 e. The first-order valence-corrected chi connectivity index (χ1v) is 4.79. The van der Waals surface area contributed by atoms with Crippen LogP contribution in [0.2, 0.25) is 0 Å². The highest BCUT2D eigenvalue weighted by Crippen LogP contribution is 2.28. The molecule has 1 aliphatic carbocycles. The molecule has 1 aromatic rings. The minimum atomic E-state index is 0.972. The van der Waals surface area contributed by atoms with Gasteiger partial charge in [0.05, 0.1) is 0 Å². The van der Waals surface area contributed by atoms with Gasteiger partial charge in [0.15, 0.2) is 0 Å². The van der Waals surface area contributed by atoms with Crippen LogP contribution in [-0.4, -0.2) is 0 Å². The largest absolute Gasteiger partial charge is 0.103 e. The average molecular weight is 170 g/mol. The molecular weight excluding hydrogens is 156 g/mol. The SMILES string of the molecule is C=CCc1ccc(C2=CCC2)cc1. The van der Waals surface area contributed by atoms with Crippen molar-refractivity contribution in [3.63, 3.8) is 0 Å². The summed E-state index contributed by atoms with van der Waals surface area (Å²) in [7, 11) is 0. The van der Waals surface area contributed by atoms with Crippen LogP contribution in [0.3, 0.4) is 0 Å². The number of rotatable bonds is 3. The summed E-state index contributed by atoms with van der Waals surface area (Å²) in [5, 5.41) is 0. The molecule has 0 aromatic heterocycles. The van der Waals surface area contributed by atoms with Crippen molar-refractivity contribution >= 4 is 5.57 Å². The summed E-state index contributed by atoms with van der Waals surface area (Å²) in [6, 6.07) is 8.81. The second-order valence-electron chi connectivity index (χ2n) is 3.46. The van der Waals surface area contributed by atoms with E-state index in [4.69, 9.17) is 0 Å². The number of benzene rings is 1. The maximum Gasteiger partial charge on any atom is -0.0100 e. The van der Waals surface area contributed by atoms with Crippen molar-refractivity contribution in [2.75, 3.05) is 0 Å². The fourth-order valence-electron chi connectivity index (χ4n) is 1.57. The molecular formula is C13H14. The van der Waals surface area contributed by atoms with Gasteiger partial charge in [-0.3, -0.25) is 0 Å². The quantitative estimate of drug-likeness (QED) is 0.608. The molecule has 0 aliphatic heterocycles. The number of hydrogen-bond donors (Lipinski definition) is 0. The summed E-state index contributed by atoms with van der Waals surface area (Å²) in [4.78, 5) is 0. The Morgan fingerprint density at radius 1 is 1.23 bits per heavy atom. The predicted molar refractivity (Wildman–Crippen MR) is 57.6 cm³/mol.